The predicted molar refractivity (Wildman–Crippen MR) is 79.8 cm³/mol. The number of nitrogens with zero attached hydrogens (tertiary/aromatic N) is 1. The molecular weight excluding hydrogens is 264 g/mol. The van der Waals surface area contributed by atoms with E-state index in [1.165, 1.54) is 5.56 Å². The molecule has 1 aromatic carbocycles. The summed E-state index contributed by atoms with van der Waals surface area (Å²) in [6.07, 6.45) is 1.25. The second-order valence-electron chi connectivity index (χ2n) is 4.37. The Hall–Kier alpha value is -1.26. The lowest BCUT2D eigenvalue weighted by Crippen LogP contribution is -2.31. The summed E-state index contributed by atoms with van der Waals surface area (Å²) in [6.45, 7) is 3.69. The lowest BCUT2D eigenvalue weighted by atomic mass is 10.2. The molecule has 0 aliphatic heterocycles. The molecule has 1 amide bonds. The number of carbonyl (C=O) groups is 1. The highest BCUT2D eigenvalue weighted by atomic mass is 35.5. The molecule has 0 atom stereocenters. The van der Waals surface area contributed by atoms with Gasteiger partial charge in [-0.2, -0.15) is 0 Å². The summed E-state index contributed by atoms with van der Waals surface area (Å²) in [7, 11) is 1.79. The van der Waals surface area contributed by atoms with Crippen molar-refractivity contribution in [3.05, 3.63) is 29.8 Å². The Kier molecular flexibility index (Phi) is 9.00. The van der Waals surface area contributed by atoms with Gasteiger partial charge in [-0.15, -0.1) is 12.4 Å². The maximum Gasteiger partial charge on any atom is 0.222 e. The molecule has 0 saturated carbocycles. The van der Waals surface area contributed by atoms with Crippen LogP contribution < -0.4 is 10.5 Å². The first kappa shape index (κ1) is 17.7. The molecule has 1 rings (SSSR count). The second-order valence-corrected chi connectivity index (χ2v) is 4.37. The summed E-state index contributed by atoms with van der Waals surface area (Å²) < 4.78 is 5.57. The van der Waals surface area contributed by atoms with Crippen molar-refractivity contribution < 1.29 is 9.53 Å². The van der Waals surface area contributed by atoms with Crippen LogP contribution in [0.3, 0.4) is 0 Å². The summed E-state index contributed by atoms with van der Waals surface area (Å²) in [5, 5.41) is 0. The highest BCUT2D eigenvalue weighted by Crippen LogP contribution is 2.11. The average molecular weight is 287 g/mol. The molecule has 2 N–H and O–H groups in total. The first-order valence-corrected chi connectivity index (χ1v) is 6.27. The fourth-order valence-electron chi connectivity index (χ4n) is 1.50. The van der Waals surface area contributed by atoms with Crippen LogP contribution in [0.1, 0.15) is 18.4 Å². The molecule has 0 heterocycles. The Morgan fingerprint density at radius 2 is 1.95 bits per heavy atom. The Morgan fingerprint density at radius 3 is 2.53 bits per heavy atom. The van der Waals surface area contributed by atoms with Gasteiger partial charge in [0.25, 0.3) is 0 Å². The summed E-state index contributed by atoms with van der Waals surface area (Å²) in [6, 6.07) is 7.88. The van der Waals surface area contributed by atoms with E-state index >= 15 is 0 Å². The summed E-state index contributed by atoms with van der Waals surface area (Å²) in [5.41, 5.74) is 6.57. The molecule has 0 radical (unpaired) electrons. The van der Waals surface area contributed by atoms with Gasteiger partial charge < -0.3 is 15.4 Å². The largest absolute Gasteiger partial charge is 0.492 e. The number of halogens is 1. The standard InChI is InChI=1S/C14H22N2O2.ClH/c1-12-5-7-13(8-6-12)18-11-10-16(2)14(17)4-3-9-15;/h5-8H,3-4,9-11,15H2,1-2H3;1H. The third kappa shape index (κ3) is 7.03. The molecule has 0 bridgehead atoms. The molecule has 0 spiro atoms. The van der Waals surface area contributed by atoms with Crippen molar-refractivity contribution in [2.75, 3.05) is 26.7 Å². The van der Waals surface area contributed by atoms with Crippen molar-refractivity contribution in [1.82, 2.24) is 4.90 Å². The molecule has 108 valence electrons. The van der Waals surface area contributed by atoms with Gasteiger partial charge in [0.15, 0.2) is 0 Å². The molecule has 0 fully saturated rings. The van der Waals surface area contributed by atoms with Crippen LogP contribution in [0.2, 0.25) is 0 Å². The third-order valence-corrected chi connectivity index (χ3v) is 2.74. The lowest BCUT2D eigenvalue weighted by Gasteiger charge is -2.17. The third-order valence-electron chi connectivity index (χ3n) is 2.74. The van der Waals surface area contributed by atoms with Crippen LogP contribution in [0.15, 0.2) is 24.3 Å². The van der Waals surface area contributed by atoms with Crippen LogP contribution in [0, 0.1) is 6.92 Å². The van der Waals surface area contributed by atoms with E-state index in [4.69, 9.17) is 10.5 Å². The quantitative estimate of drug-likeness (QED) is 0.834. The smallest absolute Gasteiger partial charge is 0.222 e. The molecule has 4 nitrogen and oxygen atoms in total. The second kappa shape index (κ2) is 9.64. The number of hydrogen-bond donors (Lipinski definition) is 1. The van der Waals surface area contributed by atoms with Crippen LogP contribution in [0.25, 0.3) is 0 Å². The van der Waals surface area contributed by atoms with E-state index in [0.717, 1.165) is 12.2 Å². The van der Waals surface area contributed by atoms with Gasteiger partial charge >= 0.3 is 0 Å². The van der Waals surface area contributed by atoms with E-state index in [1.54, 1.807) is 11.9 Å². The van der Waals surface area contributed by atoms with Gasteiger partial charge in [-0.1, -0.05) is 17.7 Å². The summed E-state index contributed by atoms with van der Waals surface area (Å²) >= 11 is 0. The average Bonchev–Trinajstić information content (AvgIpc) is 2.38. The zero-order chi connectivity index (χ0) is 13.4. The molecule has 0 aliphatic carbocycles. The maximum absolute atomic E-state index is 11.6. The van der Waals surface area contributed by atoms with Crippen molar-refractivity contribution in [3.8, 4) is 5.75 Å². The molecular formula is C14H23ClN2O2. The first-order chi connectivity index (χ1) is 8.63. The number of amides is 1. The zero-order valence-corrected chi connectivity index (χ0v) is 12.4. The lowest BCUT2D eigenvalue weighted by molar-refractivity contribution is -0.130. The summed E-state index contributed by atoms with van der Waals surface area (Å²) in [5.74, 6) is 0.955. The predicted octanol–water partition coefficient (Wildman–Crippen LogP) is 1.99. The van der Waals surface area contributed by atoms with Crippen LogP contribution in [0.5, 0.6) is 5.75 Å². The molecule has 0 aliphatic rings. The Balaban J connectivity index is 0.00000324. The van der Waals surface area contributed by atoms with Gasteiger partial charge in [0, 0.05) is 13.5 Å². The zero-order valence-electron chi connectivity index (χ0n) is 11.6. The van der Waals surface area contributed by atoms with Gasteiger partial charge in [0.1, 0.15) is 12.4 Å². The highest BCUT2D eigenvalue weighted by molar-refractivity contribution is 5.85. The molecule has 0 aromatic heterocycles. The van der Waals surface area contributed by atoms with Gasteiger partial charge in [0.05, 0.1) is 6.54 Å². The van der Waals surface area contributed by atoms with Crippen LogP contribution in [-0.2, 0) is 4.79 Å². The van der Waals surface area contributed by atoms with Crippen molar-refractivity contribution in [3.63, 3.8) is 0 Å². The number of benzene rings is 1. The topological polar surface area (TPSA) is 55.6 Å². The molecule has 5 heteroatoms. The van der Waals surface area contributed by atoms with Gasteiger partial charge in [0.2, 0.25) is 5.91 Å². The number of aryl methyl sites for hydroxylation is 1. The molecule has 19 heavy (non-hydrogen) atoms. The SMILES string of the molecule is Cc1ccc(OCCN(C)C(=O)CCCN)cc1.Cl. The van der Waals surface area contributed by atoms with Crippen molar-refractivity contribution >= 4 is 18.3 Å². The molecule has 0 saturated heterocycles. The van der Waals surface area contributed by atoms with Gasteiger partial charge in [-0.05, 0) is 32.0 Å². The van der Waals surface area contributed by atoms with Crippen LogP contribution >= 0.6 is 12.4 Å². The fourth-order valence-corrected chi connectivity index (χ4v) is 1.50. The Morgan fingerprint density at radius 1 is 1.32 bits per heavy atom. The minimum Gasteiger partial charge on any atom is -0.492 e. The maximum atomic E-state index is 11.6. The Labute approximate surface area is 121 Å². The van der Waals surface area contributed by atoms with Gasteiger partial charge in [-0.25, -0.2) is 0 Å². The Bertz CT molecular complexity index is 368. The van der Waals surface area contributed by atoms with Crippen molar-refractivity contribution in [2.24, 2.45) is 5.73 Å². The monoisotopic (exact) mass is 286 g/mol. The fraction of sp³-hybridized carbons (Fsp3) is 0.500. The minimum absolute atomic E-state index is 0. The van der Waals surface area contributed by atoms with E-state index in [0.29, 0.717) is 26.1 Å². The van der Waals surface area contributed by atoms with Gasteiger partial charge in [-0.3, -0.25) is 4.79 Å². The molecule has 1 aromatic rings. The molecule has 0 unspecified atom stereocenters. The number of rotatable bonds is 7. The van der Waals surface area contributed by atoms with Crippen LogP contribution in [0.4, 0.5) is 0 Å². The normalized spacial score (nSPS) is 9.63. The first-order valence-electron chi connectivity index (χ1n) is 6.27. The van der Waals surface area contributed by atoms with E-state index < -0.39 is 0 Å². The number of carbonyl (C=O) groups excluding carboxylic acids is 1. The number of nitrogens with two attached hydrogens (primary N) is 1. The highest BCUT2D eigenvalue weighted by Gasteiger charge is 2.07. The number of hydrogen-bond acceptors (Lipinski definition) is 3. The van der Waals surface area contributed by atoms with E-state index in [-0.39, 0.29) is 18.3 Å². The van der Waals surface area contributed by atoms with E-state index in [9.17, 15) is 4.79 Å². The van der Waals surface area contributed by atoms with Crippen molar-refractivity contribution in [2.45, 2.75) is 19.8 Å². The van der Waals surface area contributed by atoms with Crippen LogP contribution in [-0.4, -0.2) is 37.6 Å². The van der Waals surface area contributed by atoms with E-state index in [1.807, 2.05) is 31.2 Å². The van der Waals surface area contributed by atoms with E-state index in [2.05, 4.69) is 0 Å². The number of likely N-dealkylation sites (N-methyl/N-ethyl adjacent to an activating group) is 1. The summed E-state index contributed by atoms with van der Waals surface area (Å²) in [4.78, 5) is 13.3. The number of ether oxygens (including phenoxy) is 1. The minimum atomic E-state index is 0. The van der Waals surface area contributed by atoms with Crippen molar-refractivity contribution in [1.29, 1.82) is 0 Å².